The molecule has 248 valence electrons. The van der Waals surface area contributed by atoms with E-state index < -0.39 is 0 Å². The predicted octanol–water partition coefficient (Wildman–Crippen LogP) is 7.50. The normalized spacial score (nSPS) is 19.6. The Balaban J connectivity index is 1.30. The zero-order valence-corrected chi connectivity index (χ0v) is 28.4. The van der Waals surface area contributed by atoms with E-state index in [0.717, 1.165) is 71.8 Å². The van der Waals surface area contributed by atoms with Gasteiger partial charge in [0.2, 0.25) is 0 Å². The highest BCUT2D eigenvalue weighted by Gasteiger charge is 2.28. The summed E-state index contributed by atoms with van der Waals surface area (Å²) in [5, 5.41) is 4.29. The van der Waals surface area contributed by atoms with Crippen LogP contribution in [-0.2, 0) is 6.42 Å². The third-order valence-electron chi connectivity index (χ3n) is 10.9. The molecule has 2 aromatic carbocycles. The highest BCUT2D eigenvalue weighted by Crippen LogP contribution is 2.38. The molecular formula is C39H54N4O3. The molecule has 3 heterocycles. The molecule has 0 radical (unpaired) electrons. The summed E-state index contributed by atoms with van der Waals surface area (Å²) < 4.78 is 11.4. The van der Waals surface area contributed by atoms with Crippen LogP contribution in [0.3, 0.4) is 0 Å². The maximum absolute atomic E-state index is 14.5. The summed E-state index contributed by atoms with van der Waals surface area (Å²) in [7, 11) is 3.29. The Morgan fingerprint density at radius 2 is 1.57 bits per heavy atom. The Bertz CT molecular complexity index is 1440. The summed E-state index contributed by atoms with van der Waals surface area (Å²) >= 11 is 0. The molecule has 0 spiro atoms. The van der Waals surface area contributed by atoms with Gasteiger partial charge < -0.3 is 24.6 Å². The van der Waals surface area contributed by atoms with Gasteiger partial charge in [-0.05, 0) is 109 Å². The Labute approximate surface area is 276 Å². The molecule has 46 heavy (non-hydrogen) atoms. The van der Waals surface area contributed by atoms with Gasteiger partial charge in [-0.3, -0.25) is 4.79 Å². The highest BCUT2D eigenvalue weighted by atomic mass is 16.5. The standard InChI is InChI=1S/C39H54N4O3/c1-28(29-14-7-4-8-15-29)40-39(44)37-32(18-13-21-42-24-19-31(20-25-42)43-22-11-6-12-23-43)38(30-16-9-5-10-17-30)41-34-27-36(46-3)35(45-2)26-33(34)37/h5,9-10,16-17,26-29,31H,4,6-8,11-15,18-25H2,1-3H3,(H,40,44)/t28-/m0/s1. The van der Waals surface area contributed by atoms with Crippen molar-refractivity contribution < 1.29 is 14.3 Å². The number of aromatic nitrogens is 1. The molecule has 1 atom stereocenters. The molecule has 3 fully saturated rings. The molecule has 1 aromatic heterocycles. The largest absolute Gasteiger partial charge is 0.493 e. The van der Waals surface area contributed by atoms with Crippen LogP contribution in [0, 0.1) is 5.92 Å². The first-order valence-corrected chi connectivity index (χ1v) is 18.0. The van der Waals surface area contributed by atoms with Crippen molar-refractivity contribution in [3.8, 4) is 22.8 Å². The number of nitrogens with one attached hydrogen (secondary N) is 1. The fourth-order valence-corrected chi connectivity index (χ4v) is 8.27. The number of carbonyl (C=O) groups is 1. The number of hydrogen-bond donors (Lipinski definition) is 1. The molecule has 1 aliphatic carbocycles. The summed E-state index contributed by atoms with van der Waals surface area (Å²) in [4.78, 5) is 25.1. The number of methoxy groups -OCH3 is 2. The molecule has 7 nitrogen and oxygen atoms in total. The molecule has 2 aliphatic heterocycles. The number of pyridine rings is 1. The lowest BCUT2D eigenvalue weighted by Crippen LogP contribution is -2.46. The first-order chi connectivity index (χ1) is 22.6. The van der Waals surface area contributed by atoms with Gasteiger partial charge in [-0.1, -0.05) is 56.0 Å². The fraction of sp³-hybridized carbons (Fsp3) is 0.590. The maximum atomic E-state index is 14.5. The lowest BCUT2D eigenvalue weighted by atomic mass is 9.84. The minimum atomic E-state index is -0.00720. The Hall–Kier alpha value is -3.16. The van der Waals surface area contributed by atoms with Gasteiger partial charge in [0.05, 0.1) is 31.0 Å². The van der Waals surface area contributed by atoms with Gasteiger partial charge in [-0.25, -0.2) is 4.98 Å². The molecule has 3 aliphatic rings. The number of piperidine rings is 2. The Morgan fingerprint density at radius 1 is 0.891 bits per heavy atom. The molecule has 0 bridgehead atoms. The van der Waals surface area contributed by atoms with Crippen molar-refractivity contribution in [2.75, 3.05) is 46.9 Å². The van der Waals surface area contributed by atoms with Crippen LogP contribution in [0.5, 0.6) is 11.5 Å². The number of fused-ring (bicyclic) bond motifs is 1. The average Bonchev–Trinajstić information content (AvgIpc) is 3.12. The number of carbonyl (C=O) groups excluding carboxylic acids is 1. The molecule has 1 N–H and O–H groups in total. The second kappa shape index (κ2) is 15.6. The first-order valence-electron chi connectivity index (χ1n) is 18.0. The van der Waals surface area contributed by atoms with Gasteiger partial charge in [0.1, 0.15) is 0 Å². The molecule has 1 saturated carbocycles. The third-order valence-corrected chi connectivity index (χ3v) is 10.9. The van der Waals surface area contributed by atoms with Crippen molar-refractivity contribution in [1.82, 2.24) is 20.1 Å². The van der Waals surface area contributed by atoms with E-state index in [1.807, 2.05) is 18.2 Å². The molecule has 2 saturated heterocycles. The lowest BCUT2D eigenvalue weighted by molar-refractivity contribution is 0.0913. The summed E-state index contributed by atoms with van der Waals surface area (Å²) in [5.74, 6) is 1.74. The van der Waals surface area contributed by atoms with E-state index in [1.165, 1.54) is 77.3 Å². The number of likely N-dealkylation sites (tertiary alicyclic amines) is 2. The lowest BCUT2D eigenvalue weighted by Gasteiger charge is -2.40. The Kier molecular flexibility index (Phi) is 11.1. The fourth-order valence-electron chi connectivity index (χ4n) is 8.27. The third kappa shape index (κ3) is 7.52. The minimum Gasteiger partial charge on any atom is -0.493 e. The van der Waals surface area contributed by atoms with Crippen LogP contribution < -0.4 is 14.8 Å². The highest BCUT2D eigenvalue weighted by molar-refractivity contribution is 6.09. The molecule has 3 aromatic rings. The summed E-state index contributed by atoms with van der Waals surface area (Å²) in [5.41, 5.74) is 4.43. The molecule has 6 rings (SSSR count). The number of ether oxygens (including phenoxy) is 2. The van der Waals surface area contributed by atoms with Crippen molar-refractivity contribution in [3.05, 3.63) is 53.6 Å². The number of nitrogens with zero attached hydrogens (tertiary/aromatic N) is 3. The summed E-state index contributed by atoms with van der Waals surface area (Å²) in [6.07, 6.45) is 14.6. The van der Waals surface area contributed by atoms with Crippen LogP contribution in [0.4, 0.5) is 0 Å². The van der Waals surface area contributed by atoms with Crippen LogP contribution in [0.15, 0.2) is 42.5 Å². The van der Waals surface area contributed by atoms with Gasteiger partial charge >= 0.3 is 0 Å². The van der Waals surface area contributed by atoms with Crippen molar-refractivity contribution >= 4 is 16.8 Å². The van der Waals surface area contributed by atoms with E-state index >= 15 is 0 Å². The SMILES string of the molecule is COc1cc2nc(-c3ccccc3)c(CCCN3CCC(N4CCCCC4)CC3)c(C(=O)N[C@@H](C)C3CCCCC3)c2cc1OC. The van der Waals surface area contributed by atoms with Gasteiger partial charge in [0.15, 0.2) is 11.5 Å². The van der Waals surface area contributed by atoms with E-state index in [-0.39, 0.29) is 11.9 Å². The maximum Gasteiger partial charge on any atom is 0.252 e. The molecular weight excluding hydrogens is 572 g/mol. The number of hydrogen-bond acceptors (Lipinski definition) is 6. The second-order valence-corrected chi connectivity index (χ2v) is 13.8. The molecule has 1 amide bonds. The van der Waals surface area contributed by atoms with Crippen LogP contribution in [0.25, 0.3) is 22.2 Å². The average molecular weight is 627 g/mol. The van der Waals surface area contributed by atoms with Gasteiger partial charge in [-0.15, -0.1) is 0 Å². The van der Waals surface area contributed by atoms with Crippen LogP contribution in [0.2, 0.25) is 0 Å². The number of benzene rings is 2. The predicted molar refractivity (Wildman–Crippen MR) is 187 cm³/mol. The van der Waals surface area contributed by atoms with Crippen LogP contribution >= 0.6 is 0 Å². The van der Waals surface area contributed by atoms with E-state index in [1.54, 1.807) is 14.2 Å². The van der Waals surface area contributed by atoms with Crippen molar-refractivity contribution in [3.63, 3.8) is 0 Å². The monoisotopic (exact) mass is 626 g/mol. The molecule has 0 unspecified atom stereocenters. The van der Waals surface area contributed by atoms with Crippen LogP contribution in [0.1, 0.15) is 93.5 Å². The zero-order chi connectivity index (χ0) is 31.9. The smallest absolute Gasteiger partial charge is 0.252 e. The van der Waals surface area contributed by atoms with Gasteiger partial charge in [-0.2, -0.15) is 0 Å². The first kappa shape index (κ1) is 32.8. The summed E-state index contributed by atoms with van der Waals surface area (Å²) in [6.45, 7) is 8.10. The van der Waals surface area contributed by atoms with E-state index in [9.17, 15) is 4.79 Å². The van der Waals surface area contributed by atoms with E-state index in [0.29, 0.717) is 17.4 Å². The van der Waals surface area contributed by atoms with Gasteiger partial charge in [0, 0.05) is 29.1 Å². The van der Waals surface area contributed by atoms with Crippen molar-refractivity contribution in [1.29, 1.82) is 0 Å². The summed E-state index contributed by atoms with van der Waals surface area (Å²) in [6, 6.07) is 15.1. The number of rotatable bonds is 11. The Morgan fingerprint density at radius 3 is 2.26 bits per heavy atom. The second-order valence-electron chi connectivity index (χ2n) is 13.8. The van der Waals surface area contributed by atoms with Crippen molar-refractivity contribution in [2.45, 2.75) is 96.1 Å². The van der Waals surface area contributed by atoms with Gasteiger partial charge in [0.25, 0.3) is 5.91 Å². The molecule has 7 heteroatoms. The van der Waals surface area contributed by atoms with E-state index in [2.05, 4.69) is 46.3 Å². The zero-order valence-electron chi connectivity index (χ0n) is 28.4. The topological polar surface area (TPSA) is 66.9 Å². The quantitative estimate of drug-likeness (QED) is 0.238. The van der Waals surface area contributed by atoms with Crippen molar-refractivity contribution in [2.24, 2.45) is 5.92 Å². The van der Waals surface area contributed by atoms with Crippen LogP contribution in [-0.4, -0.2) is 79.7 Å². The minimum absolute atomic E-state index is 0.00720. The number of amides is 1. The van der Waals surface area contributed by atoms with E-state index in [4.69, 9.17) is 14.5 Å².